The zero-order valence-corrected chi connectivity index (χ0v) is 15.3. The fourth-order valence-corrected chi connectivity index (χ4v) is 2.13. The number of ether oxygens (including phenoxy) is 2. The third-order valence-corrected chi connectivity index (χ3v) is 3.70. The normalized spacial score (nSPS) is 10.9. The Morgan fingerprint density at radius 1 is 0.792 bits per heavy atom. The smallest absolute Gasteiger partial charge is 0.310 e. The number of carbonyl (C=O) groups excluding carboxylic acids is 2. The average Bonchev–Trinajstić information content (AvgIpc) is 2.48. The standard InChI is InChI=1S/C20H30O4/c1-15(2)9-11-23-19(21)13-17-7-5-6-8-18(17)14-20(22)24-12-10-16(3)4/h5-8,15-16H,9-14H2,1-4H3. The van der Waals surface area contributed by atoms with Gasteiger partial charge in [0.05, 0.1) is 26.1 Å². The molecule has 0 heterocycles. The minimum atomic E-state index is -0.253. The molecule has 4 nitrogen and oxygen atoms in total. The third kappa shape index (κ3) is 8.70. The molecule has 0 atom stereocenters. The zero-order valence-electron chi connectivity index (χ0n) is 15.3. The lowest BCUT2D eigenvalue weighted by atomic mass is 10.0. The molecule has 0 aromatic heterocycles. The lowest BCUT2D eigenvalue weighted by Crippen LogP contribution is -2.14. The zero-order chi connectivity index (χ0) is 17.9. The van der Waals surface area contributed by atoms with E-state index in [1.54, 1.807) is 0 Å². The molecule has 0 spiro atoms. The molecule has 134 valence electrons. The summed E-state index contributed by atoms with van der Waals surface area (Å²) in [6.07, 6.45) is 2.09. The van der Waals surface area contributed by atoms with E-state index in [1.165, 1.54) is 0 Å². The van der Waals surface area contributed by atoms with Crippen LogP contribution in [0.5, 0.6) is 0 Å². The van der Waals surface area contributed by atoms with Gasteiger partial charge in [0.2, 0.25) is 0 Å². The molecule has 0 radical (unpaired) electrons. The predicted octanol–water partition coefficient (Wildman–Crippen LogP) is 3.95. The van der Waals surface area contributed by atoms with Crippen LogP contribution >= 0.6 is 0 Å². The first-order valence-electron chi connectivity index (χ1n) is 8.76. The van der Waals surface area contributed by atoms with Gasteiger partial charge in [-0.15, -0.1) is 0 Å². The first kappa shape index (κ1) is 20.2. The summed E-state index contributed by atoms with van der Waals surface area (Å²) in [5.41, 5.74) is 1.65. The van der Waals surface area contributed by atoms with Gasteiger partial charge in [-0.25, -0.2) is 0 Å². The highest BCUT2D eigenvalue weighted by atomic mass is 16.5. The second kappa shape index (κ2) is 10.8. The van der Waals surface area contributed by atoms with Crippen molar-refractivity contribution in [2.45, 2.75) is 53.4 Å². The van der Waals surface area contributed by atoms with Gasteiger partial charge in [-0.1, -0.05) is 52.0 Å². The predicted molar refractivity (Wildman–Crippen MR) is 94.7 cm³/mol. The molecule has 4 heteroatoms. The van der Waals surface area contributed by atoms with Gasteiger partial charge in [0, 0.05) is 0 Å². The Morgan fingerprint density at radius 3 is 1.50 bits per heavy atom. The van der Waals surface area contributed by atoms with Crippen molar-refractivity contribution in [3.05, 3.63) is 35.4 Å². The van der Waals surface area contributed by atoms with Crippen molar-refractivity contribution in [2.24, 2.45) is 11.8 Å². The van der Waals surface area contributed by atoms with Crippen molar-refractivity contribution in [1.29, 1.82) is 0 Å². The molecular formula is C20H30O4. The van der Waals surface area contributed by atoms with E-state index < -0.39 is 0 Å². The van der Waals surface area contributed by atoms with Crippen LogP contribution < -0.4 is 0 Å². The van der Waals surface area contributed by atoms with Crippen molar-refractivity contribution in [3.8, 4) is 0 Å². The van der Waals surface area contributed by atoms with E-state index in [-0.39, 0.29) is 24.8 Å². The molecule has 24 heavy (non-hydrogen) atoms. The summed E-state index contributed by atoms with van der Waals surface area (Å²) in [5, 5.41) is 0. The number of benzene rings is 1. The van der Waals surface area contributed by atoms with Gasteiger partial charge in [0.1, 0.15) is 0 Å². The Morgan fingerprint density at radius 2 is 1.17 bits per heavy atom. The highest BCUT2D eigenvalue weighted by Crippen LogP contribution is 2.13. The van der Waals surface area contributed by atoms with Crippen molar-refractivity contribution in [1.82, 2.24) is 0 Å². The first-order valence-corrected chi connectivity index (χ1v) is 8.76. The molecule has 0 aliphatic carbocycles. The molecule has 1 aromatic carbocycles. The van der Waals surface area contributed by atoms with Gasteiger partial charge in [-0.05, 0) is 35.8 Å². The van der Waals surface area contributed by atoms with Crippen LogP contribution in [-0.4, -0.2) is 25.2 Å². The molecule has 0 bridgehead atoms. The van der Waals surface area contributed by atoms with E-state index in [2.05, 4.69) is 27.7 Å². The molecule has 0 unspecified atom stereocenters. The summed E-state index contributed by atoms with van der Waals surface area (Å²) in [6, 6.07) is 7.45. The van der Waals surface area contributed by atoms with Crippen LogP contribution in [0.4, 0.5) is 0 Å². The van der Waals surface area contributed by atoms with Crippen molar-refractivity contribution < 1.29 is 19.1 Å². The fraction of sp³-hybridized carbons (Fsp3) is 0.600. The molecule has 1 rings (SSSR count). The Kier molecular flexibility index (Phi) is 9.13. The lowest BCUT2D eigenvalue weighted by Gasteiger charge is -2.11. The van der Waals surface area contributed by atoms with Crippen LogP contribution in [0.3, 0.4) is 0 Å². The van der Waals surface area contributed by atoms with Gasteiger partial charge in [0.15, 0.2) is 0 Å². The molecule has 0 aliphatic rings. The molecule has 1 aromatic rings. The van der Waals surface area contributed by atoms with E-state index in [1.807, 2.05) is 24.3 Å². The Bertz CT molecular complexity index is 473. The summed E-state index contributed by atoms with van der Waals surface area (Å²) >= 11 is 0. The fourth-order valence-electron chi connectivity index (χ4n) is 2.13. The van der Waals surface area contributed by atoms with Gasteiger partial charge in [-0.3, -0.25) is 9.59 Å². The number of esters is 2. The van der Waals surface area contributed by atoms with Crippen LogP contribution in [0.15, 0.2) is 24.3 Å². The molecule has 0 aliphatic heterocycles. The minimum absolute atomic E-state index is 0.188. The highest BCUT2D eigenvalue weighted by molar-refractivity contribution is 5.76. The summed E-state index contributed by atoms with van der Waals surface area (Å²) in [4.78, 5) is 23.9. The summed E-state index contributed by atoms with van der Waals surface area (Å²) in [6.45, 7) is 9.25. The Labute approximate surface area is 145 Å². The monoisotopic (exact) mass is 334 g/mol. The van der Waals surface area contributed by atoms with E-state index >= 15 is 0 Å². The quantitative estimate of drug-likeness (QED) is 0.608. The van der Waals surface area contributed by atoms with Crippen LogP contribution in [0.25, 0.3) is 0 Å². The maximum Gasteiger partial charge on any atom is 0.310 e. The minimum Gasteiger partial charge on any atom is -0.465 e. The SMILES string of the molecule is CC(C)CCOC(=O)Cc1ccccc1CC(=O)OCCC(C)C. The molecule has 0 saturated heterocycles. The second-order valence-electron chi connectivity index (χ2n) is 6.93. The van der Waals surface area contributed by atoms with Crippen molar-refractivity contribution in [2.75, 3.05) is 13.2 Å². The van der Waals surface area contributed by atoms with E-state index in [9.17, 15) is 9.59 Å². The topological polar surface area (TPSA) is 52.6 Å². The van der Waals surface area contributed by atoms with E-state index in [0.717, 1.165) is 24.0 Å². The Hall–Kier alpha value is -1.84. The highest BCUT2D eigenvalue weighted by Gasteiger charge is 2.13. The maximum atomic E-state index is 11.9. The second-order valence-corrected chi connectivity index (χ2v) is 6.93. The first-order chi connectivity index (χ1) is 11.4. The number of hydrogen-bond donors (Lipinski definition) is 0. The van der Waals surface area contributed by atoms with Gasteiger partial charge >= 0.3 is 11.9 Å². The number of rotatable bonds is 10. The van der Waals surface area contributed by atoms with Crippen LogP contribution in [0.2, 0.25) is 0 Å². The van der Waals surface area contributed by atoms with Gasteiger partial charge < -0.3 is 9.47 Å². The van der Waals surface area contributed by atoms with Gasteiger partial charge in [-0.2, -0.15) is 0 Å². The summed E-state index contributed by atoms with van der Waals surface area (Å²) in [7, 11) is 0. The molecule has 0 saturated carbocycles. The van der Waals surface area contributed by atoms with Crippen molar-refractivity contribution >= 4 is 11.9 Å². The lowest BCUT2D eigenvalue weighted by molar-refractivity contribution is -0.144. The maximum absolute atomic E-state index is 11.9. The van der Waals surface area contributed by atoms with Crippen LogP contribution in [0, 0.1) is 11.8 Å². The Balaban J connectivity index is 2.51. The van der Waals surface area contributed by atoms with Crippen molar-refractivity contribution in [3.63, 3.8) is 0 Å². The molecule has 0 amide bonds. The summed E-state index contributed by atoms with van der Waals surface area (Å²) < 4.78 is 10.5. The van der Waals surface area contributed by atoms with Crippen LogP contribution in [-0.2, 0) is 31.9 Å². The largest absolute Gasteiger partial charge is 0.465 e. The van der Waals surface area contributed by atoms with E-state index in [0.29, 0.717) is 25.0 Å². The molecule has 0 N–H and O–H groups in total. The molecular weight excluding hydrogens is 304 g/mol. The number of carbonyl (C=O) groups is 2. The molecule has 0 fully saturated rings. The number of hydrogen-bond acceptors (Lipinski definition) is 4. The van der Waals surface area contributed by atoms with Gasteiger partial charge in [0.25, 0.3) is 0 Å². The van der Waals surface area contributed by atoms with Crippen LogP contribution in [0.1, 0.15) is 51.7 Å². The third-order valence-electron chi connectivity index (χ3n) is 3.70. The average molecular weight is 334 g/mol. The summed E-state index contributed by atoms with van der Waals surface area (Å²) in [5.74, 6) is 0.504. The van der Waals surface area contributed by atoms with E-state index in [4.69, 9.17) is 9.47 Å².